The molecule has 0 radical (unpaired) electrons. The second kappa shape index (κ2) is 5.98. The third-order valence-corrected chi connectivity index (χ3v) is 3.02. The van der Waals surface area contributed by atoms with Crippen LogP contribution in [0.3, 0.4) is 0 Å². The molecule has 0 aliphatic carbocycles. The Balaban J connectivity index is 1.94. The van der Waals surface area contributed by atoms with Crippen LogP contribution in [0.5, 0.6) is 5.75 Å². The van der Waals surface area contributed by atoms with Crippen LogP contribution in [0.25, 0.3) is 0 Å². The molecular formula is C13H11N3O2S. The summed E-state index contributed by atoms with van der Waals surface area (Å²) in [5.74, 6) is 0.278. The highest BCUT2D eigenvalue weighted by atomic mass is 32.1. The van der Waals surface area contributed by atoms with Gasteiger partial charge in [-0.2, -0.15) is 5.26 Å². The third-order valence-electron chi connectivity index (χ3n) is 2.33. The van der Waals surface area contributed by atoms with Crippen molar-refractivity contribution in [3.63, 3.8) is 0 Å². The van der Waals surface area contributed by atoms with Crippen molar-refractivity contribution in [2.45, 2.75) is 13.0 Å². The van der Waals surface area contributed by atoms with Gasteiger partial charge in [-0.25, -0.2) is 4.98 Å². The lowest BCUT2D eigenvalue weighted by Gasteiger charge is -2.13. The molecule has 1 aromatic heterocycles. The maximum absolute atomic E-state index is 11.8. The number of amides is 1. The van der Waals surface area contributed by atoms with Gasteiger partial charge >= 0.3 is 0 Å². The molecule has 0 aliphatic rings. The summed E-state index contributed by atoms with van der Waals surface area (Å²) in [7, 11) is 0. The first-order chi connectivity index (χ1) is 9.19. The molecule has 0 saturated heterocycles. The van der Waals surface area contributed by atoms with E-state index in [4.69, 9.17) is 10.00 Å². The summed E-state index contributed by atoms with van der Waals surface area (Å²) >= 11 is 1.35. The van der Waals surface area contributed by atoms with Gasteiger partial charge in [-0.05, 0) is 31.2 Å². The summed E-state index contributed by atoms with van der Waals surface area (Å²) in [4.78, 5) is 15.8. The number of anilines is 1. The zero-order chi connectivity index (χ0) is 13.7. The number of thiazole rings is 1. The van der Waals surface area contributed by atoms with Gasteiger partial charge < -0.3 is 4.74 Å². The summed E-state index contributed by atoms with van der Waals surface area (Å²) in [5, 5.41) is 13.7. The van der Waals surface area contributed by atoms with Crippen LogP contribution < -0.4 is 10.1 Å². The van der Waals surface area contributed by atoms with Gasteiger partial charge in [-0.15, -0.1) is 11.3 Å². The van der Waals surface area contributed by atoms with Crippen LogP contribution in [-0.2, 0) is 4.79 Å². The maximum atomic E-state index is 11.8. The number of hydrogen-bond acceptors (Lipinski definition) is 5. The Kier molecular flexibility index (Phi) is 4.11. The smallest absolute Gasteiger partial charge is 0.266 e. The Bertz CT molecular complexity index is 587. The van der Waals surface area contributed by atoms with Crippen molar-refractivity contribution in [1.82, 2.24) is 4.98 Å². The maximum Gasteiger partial charge on any atom is 0.266 e. The van der Waals surface area contributed by atoms with Gasteiger partial charge in [-0.1, -0.05) is 0 Å². The molecule has 1 aromatic carbocycles. The molecule has 1 atom stereocenters. The van der Waals surface area contributed by atoms with Crippen molar-refractivity contribution >= 4 is 22.4 Å². The van der Waals surface area contributed by atoms with Gasteiger partial charge in [0.05, 0.1) is 11.6 Å². The van der Waals surface area contributed by atoms with E-state index in [-0.39, 0.29) is 5.91 Å². The zero-order valence-corrected chi connectivity index (χ0v) is 11.0. The van der Waals surface area contributed by atoms with E-state index in [0.717, 1.165) is 0 Å². The number of carbonyl (C=O) groups is 1. The minimum atomic E-state index is -0.642. The van der Waals surface area contributed by atoms with Crippen LogP contribution in [0, 0.1) is 11.3 Å². The first-order valence-corrected chi connectivity index (χ1v) is 6.44. The number of nitrogens with one attached hydrogen (secondary N) is 1. The lowest BCUT2D eigenvalue weighted by atomic mass is 10.2. The fraction of sp³-hybridized carbons (Fsp3) is 0.154. The first kappa shape index (κ1) is 13.1. The van der Waals surface area contributed by atoms with E-state index in [2.05, 4.69) is 10.3 Å². The summed E-state index contributed by atoms with van der Waals surface area (Å²) in [6.07, 6.45) is 0.976. The van der Waals surface area contributed by atoms with Crippen molar-refractivity contribution in [3.05, 3.63) is 41.4 Å². The molecule has 1 N–H and O–H groups in total. The van der Waals surface area contributed by atoms with E-state index < -0.39 is 6.10 Å². The van der Waals surface area contributed by atoms with Gasteiger partial charge in [0.2, 0.25) is 0 Å². The normalized spacial score (nSPS) is 11.4. The van der Waals surface area contributed by atoms with Crippen LogP contribution in [0.4, 0.5) is 5.13 Å². The topological polar surface area (TPSA) is 75.0 Å². The SMILES string of the molecule is C[C@@H](Oc1ccc(C#N)cc1)C(=O)Nc1nccs1. The molecule has 1 heterocycles. The van der Waals surface area contributed by atoms with E-state index in [1.165, 1.54) is 11.3 Å². The number of ether oxygens (including phenoxy) is 1. The number of rotatable bonds is 4. The molecule has 96 valence electrons. The standard InChI is InChI=1S/C13H11N3O2S/c1-9(12(17)16-13-15-6-7-19-13)18-11-4-2-10(8-14)3-5-11/h2-7,9H,1H3,(H,15,16,17)/t9-/m1/s1. The molecule has 0 unspecified atom stereocenters. The van der Waals surface area contributed by atoms with Crippen LogP contribution in [-0.4, -0.2) is 17.0 Å². The second-order valence-corrected chi connectivity index (χ2v) is 4.62. The molecule has 0 fully saturated rings. The molecule has 6 heteroatoms. The average molecular weight is 273 g/mol. The highest BCUT2D eigenvalue weighted by molar-refractivity contribution is 7.13. The number of hydrogen-bond donors (Lipinski definition) is 1. The van der Waals surface area contributed by atoms with Gasteiger partial charge in [0.1, 0.15) is 5.75 Å². The van der Waals surface area contributed by atoms with Crippen LogP contribution in [0.2, 0.25) is 0 Å². The molecule has 0 spiro atoms. The number of carbonyl (C=O) groups excluding carboxylic acids is 1. The van der Waals surface area contributed by atoms with E-state index in [1.807, 2.05) is 6.07 Å². The molecule has 5 nitrogen and oxygen atoms in total. The molecule has 0 bridgehead atoms. The highest BCUT2D eigenvalue weighted by Gasteiger charge is 2.15. The van der Waals surface area contributed by atoms with Crippen molar-refractivity contribution in [2.24, 2.45) is 0 Å². The number of nitrogens with zero attached hydrogens (tertiary/aromatic N) is 2. The number of aromatic nitrogens is 1. The number of nitriles is 1. The minimum absolute atomic E-state index is 0.265. The van der Waals surface area contributed by atoms with Crippen molar-refractivity contribution in [2.75, 3.05) is 5.32 Å². The molecule has 0 aliphatic heterocycles. The monoisotopic (exact) mass is 273 g/mol. The Morgan fingerprint density at radius 1 is 1.47 bits per heavy atom. The lowest BCUT2D eigenvalue weighted by molar-refractivity contribution is -0.122. The summed E-state index contributed by atoms with van der Waals surface area (Å²) in [5.41, 5.74) is 0.548. The summed E-state index contributed by atoms with van der Waals surface area (Å²) in [6.45, 7) is 1.65. The minimum Gasteiger partial charge on any atom is -0.481 e. The van der Waals surface area contributed by atoms with Gasteiger partial charge in [-0.3, -0.25) is 10.1 Å². The van der Waals surface area contributed by atoms with Gasteiger partial charge in [0, 0.05) is 11.6 Å². The molecule has 19 heavy (non-hydrogen) atoms. The Morgan fingerprint density at radius 2 is 2.21 bits per heavy atom. The van der Waals surface area contributed by atoms with E-state index in [0.29, 0.717) is 16.4 Å². The predicted molar refractivity (Wildman–Crippen MR) is 72.0 cm³/mol. The summed E-state index contributed by atoms with van der Waals surface area (Å²) < 4.78 is 5.48. The van der Waals surface area contributed by atoms with E-state index in [1.54, 1.807) is 42.8 Å². The van der Waals surface area contributed by atoms with E-state index in [9.17, 15) is 4.79 Å². The van der Waals surface area contributed by atoms with Crippen LogP contribution in [0.15, 0.2) is 35.8 Å². The molecule has 2 rings (SSSR count). The van der Waals surface area contributed by atoms with Gasteiger partial charge in [0.15, 0.2) is 11.2 Å². The van der Waals surface area contributed by atoms with E-state index >= 15 is 0 Å². The largest absolute Gasteiger partial charge is 0.481 e. The average Bonchev–Trinajstić information content (AvgIpc) is 2.92. The molecule has 0 saturated carbocycles. The fourth-order valence-electron chi connectivity index (χ4n) is 1.36. The Morgan fingerprint density at radius 3 is 2.79 bits per heavy atom. The lowest BCUT2D eigenvalue weighted by Crippen LogP contribution is -2.30. The third kappa shape index (κ3) is 3.53. The molecule has 2 aromatic rings. The Hall–Kier alpha value is -2.39. The quantitative estimate of drug-likeness (QED) is 0.928. The Labute approximate surface area is 114 Å². The second-order valence-electron chi connectivity index (χ2n) is 3.72. The zero-order valence-electron chi connectivity index (χ0n) is 10.2. The van der Waals surface area contributed by atoms with Crippen molar-refractivity contribution < 1.29 is 9.53 Å². The first-order valence-electron chi connectivity index (χ1n) is 5.56. The van der Waals surface area contributed by atoms with Crippen LogP contribution >= 0.6 is 11.3 Å². The fourth-order valence-corrected chi connectivity index (χ4v) is 1.89. The van der Waals surface area contributed by atoms with Gasteiger partial charge in [0.25, 0.3) is 5.91 Å². The van der Waals surface area contributed by atoms with Crippen LogP contribution in [0.1, 0.15) is 12.5 Å². The molecule has 1 amide bonds. The number of benzene rings is 1. The summed E-state index contributed by atoms with van der Waals surface area (Å²) in [6, 6.07) is 8.61. The van der Waals surface area contributed by atoms with Crippen molar-refractivity contribution in [1.29, 1.82) is 5.26 Å². The van der Waals surface area contributed by atoms with Crippen molar-refractivity contribution in [3.8, 4) is 11.8 Å². The predicted octanol–water partition coefficient (Wildman–Crippen LogP) is 2.42. The molecular weight excluding hydrogens is 262 g/mol. The highest BCUT2D eigenvalue weighted by Crippen LogP contribution is 2.15.